The Morgan fingerprint density at radius 3 is 2.78 bits per heavy atom. The molecule has 0 saturated carbocycles. The Kier molecular flexibility index (Phi) is 4.28. The molecule has 1 fully saturated rings. The molecule has 1 aliphatic rings. The summed E-state index contributed by atoms with van der Waals surface area (Å²) in [6, 6.07) is 7.09. The molecule has 120 valence electrons. The first kappa shape index (κ1) is 15.5. The highest BCUT2D eigenvalue weighted by molar-refractivity contribution is 5.98. The van der Waals surface area contributed by atoms with Crippen LogP contribution in [-0.2, 0) is 0 Å². The molecule has 0 spiro atoms. The number of carbonyl (C=O) groups excluding carboxylic acids is 2. The van der Waals surface area contributed by atoms with Gasteiger partial charge >= 0.3 is 0 Å². The van der Waals surface area contributed by atoms with Crippen LogP contribution in [-0.4, -0.2) is 34.7 Å². The first-order valence-corrected chi connectivity index (χ1v) is 7.88. The minimum Gasteiger partial charge on any atom is -0.466 e. The minimum atomic E-state index is -0.184. The van der Waals surface area contributed by atoms with Gasteiger partial charge in [0, 0.05) is 25.2 Å². The van der Waals surface area contributed by atoms with Crippen LogP contribution in [0, 0.1) is 19.8 Å². The number of aryl methyl sites for hydroxylation is 2. The van der Waals surface area contributed by atoms with Crippen molar-refractivity contribution in [2.45, 2.75) is 26.7 Å². The molecule has 1 atom stereocenters. The summed E-state index contributed by atoms with van der Waals surface area (Å²) in [5.41, 5.74) is 1.07. The highest BCUT2D eigenvalue weighted by Gasteiger charge is 2.31. The zero-order chi connectivity index (χ0) is 16.4. The fourth-order valence-electron chi connectivity index (χ4n) is 3.11. The maximum Gasteiger partial charge on any atom is 0.257 e. The van der Waals surface area contributed by atoms with E-state index in [9.17, 15) is 9.59 Å². The smallest absolute Gasteiger partial charge is 0.257 e. The highest BCUT2D eigenvalue weighted by atomic mass is 16.3. The van der Waals surface area contributed by atoms with Gasteiger partial charge in [-0.2, -0.15) is 0 Å². The molecule has 1 amide bonds. The molecule has 5 heteroatoms. The van der Waals surface area contributed by atoms with Crippen molar-refractivity contribution >= 4 is 11.7 Å². The van der Waals surface area contributed by atoms with Crippen molar-refractivity contribution in [3.8, 4) is 0 Å². The van der Waals surface area contributed by atoms with Crippen LogP contribution in [0.3, 0.4) is 0 Å². The molecule has 1 saturated heterocycles. The number of ketones is 1. The molecule has 0 N–H and O–H groups in total. The third-order valence-electron chi connectivity index (χ3n) is 4.27. The molecule has 3 heterocycles. The van der Waals surface area contributed by atoms with Crippen molar-refractivity contribution in [2.75, 3.05) is 13.1 Å². The van der Waals surface area contributed by atoms with Crippen molar-refractivity contribution in [2.24, 2.45) is 5.92 Å². The number of amides is 1. The summed E-state index contributed by atoms with van der Waals surface area (Å²) in [6.07, 6.45) is 3.24. The molecule has 1 aliphatic heterocycles. The van der Waals surface area contributed by atoms with Gasteiger partial charge < -0.3 is 9.32 Å². The van der Waals surface area contributed by atoms with Crippen molar-refractivity contribution in [1.29, 1.82) is 0 Å². The Bertz CT molecular complexity index is 721. The Morgan fingerprint density at radius 2 is 2.13 bits per heavy atom. The van der Waals surface area contributed by atoms with E-state index in [0.29, 0.717) is 30.1 Å². The number of rotatable bonds is 3. The van der Waals surface area contributed by atoms with Crippen molar-refractivity contribution < 1.29 is 14.0 Å². The third kappa shape index (κ3) is 3.18. The molecule has 3 rings (SSSR count). The maximum atomic E-state index is 12.7. The topological polar surface area (TPSA) is 63.4 Å². The second kappa shape index (κ2) is 6.36. The number of pyridine rings is 1. The SMILES string of the molecule is Cc1cc(C(=O)N2CCC[C@H](C(=O)c3ccccn3)C2)c(C)o1. The number of Topliss-reactive ketones (excluding diaryl/α,β-unsaturated/α-hetero) is 1. The van der Waals surface area contributed by atoms with E-state index in [1.807, 2.05) is 13.0 Å². The number of likely N-dealkylation sites (tertiary alicyclic amines) is 1. The fourth-order valence-corrected chi connectivity index (χ4v) is 3.11. The molecule has 5 nitrogen and oxygen atoms in total. The molecule has 0 unspecified atom stereocenters. The van der Waals surface area contributed by atoms with E-state index in [2.05, 4.69) is 4.98 Å². The fraction of sp³-hybridized carbons (Fsp3) is 0.389. The highest BCUT2D eigenvalue weighted by Crippen LogP contribution is 2.23. The van der Waals surface area contributed by atoms with Crippen molar-refractivity contribution in [1.82, 2.24) is 9.88 Å². The van der Waals surface area contributed by atoms with Crippen LogP contribution in [0.1, 0.15) is 45.2 Å². The van der Waals surface area contributed by atoms with Gasteiger partial charge in [0.15, 0.2) is 5.78 Å². The summed E-state index contributed by atoms with van der Waals surface area (Å²) in [6.45, 7) is 4.74. The van der Waals surface area contributed by atoms with Crippen LogP contribution in [0.2, 0.25) is 0 Å². The third-order valence-corrected chi connectivity index (χ3v) is 4.27. The summed E-state index contributed by atoms with van der Waals surface area (Å²) in [4.78, 5) is 31.1. The predicted molar refractivity (Wildman–Crippen MR) is 85.4 cm³/mol. The van der Waals surface area contributed by atoms with Crippen LogP contribution >= 0.6 is 0 Å². The van der Waals surface area contributed by atoms with Crippen LogP contribution in [0.4, 0.5) is 0 Å². The van der Waals surface area contributed by atoms with Crippen LogP contribution in [0.15, 0.2) is 34.9 Å². The summed E-state index contributed by atoms with van der Waals surface area (Å²) in [5.74, 6) is 1.13. The summed E-state index contributed by atoms with van der Waals surface area (Å²) in [5, 5.41) is 0. The molecule has 0 aromatic carbocycles. The minimum absolute atomic E-state index is 0.0168. The van der Waals surface area contributed by atoms with Crippen LogP contribution in [0.25, 0.3) is 0 Å². The van der Waals surface area contributed by atoms with E-state index in [0.717, 1.165) is 18.6 Å². The van der Waals surface area contributed by atoms with E-state index in [1.165, 1.54) is 0 Å². The second-order valence-electron chi connectivity index (χ2n) is 6.00. The van der Waals surface area contributed by atoms with Crippen molar-refractivity contribution in [3.05, 3.63) is 53.2 Å². The van der Waals surface area contributed by atoms with E-state index >= 15 is 0 Å². The van der Waals surface area contributed by atoms with Gasteiger partial charge in [-0.25, -0.2) is 0 Å². The first-order chi connectivity index (χ1) is 11.1. The Morgan fingerprint density at radius 1 is 1.30 bits per heavy atom. The van der Waals surface area contributed by atoms with Crippen molar-refractivity contribution in [3.63, 3.8) is 0 Å². The molecule has 2 aromatic rings. The van der Waals surface area contributed by atoms with Gasteiger partial charge in [0.2, 0.25) is 0 Å². The van der Waals surface area contributed by atoms with E-state index in [1.54, 1.807) is 36.2 Å². The summed E-state index contributed by atoms with van der Waals surface area (Å²) < 4.78 is 5.45. The van der Waals surface area contributed by atoms with Gasteiger partial charge in [0.1, 0.15) is 17.2 Å². The van der Waals surface area contributed by atoms with E-state index < -0.39 is 0 Å². The van der Waals surface area contributed by atoms with Gasteiger partial charge in [-0.05, 0) is 44.9 Å². The predicted octanol–water partition coefficient (Wildman–Crippen LogP) is 3.03. The number of nitrogens with zero attached hydrogens (tertiary/aromatic N) is 2. The zero-order valence-electron chi connectivity index (χ0n) is 13.4. The lowest BCUT2D eigenvalue weighted by Crippen LogP contribution is -2.42. The number of furan rings is 1. The molecule has 0 bridgehead atoms. The second-order valence-corrected chi connectivity index (χ2v) is 6.00. The lowest BCUT2D eigenvalue weighted by atomic mass is 9.91. The zero-order valence-corrected chi connectivity index (χ0v) is 13.4. The van der Waals surface area contributed by atoms with E-state index in [4.69, 9.17) is 4.42 Å². The average molecular weight is 312 g/mol. The Labute approximate surface area is 135 Å². The van der Waals surface area contributed by atoms with Gasteiger partial charge in [-0.3, -0.25) is 14.6 Å². The largest absolute Gasteiger partial charge is 0.466 e. The number of carbonyl (C=O) groups is 2. The van der Waals surface area contributed by atoms with E-state index in [-0.39, 0.29) is 17.6 Å². The number of piperidine rings is 1. The molecule has 2 aromatic heterocycles. The van der Waals surface area contributed by atoms with Crippen LogP contribution in [0.5, 0.6) is 0 Å². The Hall–Kier alpha value is -2.43. The Balaban J connectivity index is 1.74. The van der Waals surface area contributed by atoms with Crippen LogP contribution < -0.4 is 0 Å². The molecular weight excluding hydrogens is 292 g/mol. The molecule has 0 radical (unpaired) electrons. The summed E-state index contributed by atoms with van der Waals surface area (Å²) in [7, 11) is 0. The monoisotopic (exact) mass is 312 g/mol. The lowest BCUT2D eigenvalue weighted by Gasteiger charge is -2.31. The van der Waals surface area contributed by atoms with Gasteiger partial charge in [-0.15, -0.1) is 0 Å². The normalized spacial score (nSPS) is 18.0. The quantitative estimate of drug-likeness (QED) is 0.817. The molecule has 0 aliphatic carbocycles. The number of hydrogen-bond donors (Lipinski definition) is 0. The number of hydrogen-bond acceptors (Lipinski definition) is 4. The standard InChI is InChI=1S/C18H20N2O3/c1-12-10-15(13(2)23-12)18(22)20-9-5-6-14(11-20)17(21)16-7-3-4-8-19-16/h3-4,7-8,10,14H,5-6,9,11H2,1-2H3/t14-/m0/s1. The first-order valence-electron chi connectivity index (χ1n) is 7.88. The maximum absolute atomic E-state index is 12.7. The number of aromatic nitrogens is 1. The molecule has 23 heavy (non-hydrogen) atoms. The van der Waals surface area contributed by atoms with Gasteiger partial charge in [0.05, 0.1) is 5.56 Å². The average Bonchev–Trinajstić information content (AvgIpc) is 2.93. The lowest BCUT2D eigenvalue weighted by molar-refractivity contribution is 0.0634. The molecular formula is C18H20N2O3. The van der Waals surface area contributed by atoms with Gasteiger partial charge in [-0.1, -0.05) is 6.07 Å². The van der Waals surface area contributed by atoms with Gasteiger partial charge in [0.25, 0.3) is 5.91 Å². The summed E-state index contributed by atoms with van der Waals surface area (Å²) >= 11 is 0.